The van der Waals surface area contributed by atoms with E-state index in [1.807, 2.05) is 18.2 Å². The highest BCUT2D eigenvalue weighted by Gasteiger charge is 2.41. The Hall–Kier alpha value is -1.98. The van der Waals surface area contributed by atoms with Crippen LogP contribution in [0.25, 0.3) is 0 Å². The molecule has 1 aromatic heterocycles. The first-order valence-electron chi connectivity index (χ1n) is 8.52. The Kier molecular flexibility index (Phi) is 5.06. The average molecular weight is 359 g/mol. The lowest BCUT2D eigenvalue weighted by atomic mass is 9.64. The van der Waals surface area contributed by atoms with Crippen LogP contribution in [0.2, 0.25) is 5.02 Å². The Morgan fingerprint density at radius 1 is 1.24 bits per heavy atom. The molecule has 1 amide bonds. The third-order valence-electron chi connectivity index (χ3n) is 5.40. The zero-order valence-electron chi connectivity index (χ0n) is 14.3. The molecule has 1 aliphatic carbocycles. The van der Waals surface area contributed by atoms with Crippen LogP contribution < -0.4 is 11.1 Å². The largest absolute Gasteiger partial charge is 0.347 e. The number of amides is 1. The van der Waals surface area contributed by atoms with Gasteiger partial charge in [-0.25, -0.2) is 0 Å². The molecule has 3 rings (SSSR count). The predicted molar refractivity (Wildman–Crippen MR) is 98.6 cm³/mol. The van der Waals surface area contributed by atoms with Crippen molar-refractivity contribution in [2.24, 2.45) is 5.73 Å². The van der Waals surface area contributed by atoms with Gasteiger partial charge in [-0.15, -0.1) is 0 Å². The van der Waals surface area contributed by atoms with E-state index in [-0.39, 0.29) is 16.9 Å². The summed E-state index contributed by atoms with van der Waals surface area (Å²) in [6.07, 6.45) is 6.56. The van der Waals surface area contributed by atoms with Crippen molar-refractivity contribution in [1.82, 2.24) is 15.5 Å². The Morgan fingerprint density at radius 3 is 2.60 bits per heavy atom. The van der Waals surface area contributed by atoms with Gasteiger partial charge in [-0.3, -0.25) is 4.79 Å². The van der Waals surface area contributed by atoms with E-state index in [4.69, 9.17) is 17.3 Å². The number of rotatable bonds is 4. The second-order valence-electron chi connectivity index (χ2n) is 7.14. The van der Waals surface area contributed by atoms with Gasteiger partial charge >= 0.3 is 0 Å². The maximum Gasteiger partial charge on any atom is 0.253 e. The topological polar surface area (TPSA) is 80.9 Å². The van der Waals surface area contributed by atoms with Gasteiger partial charge in [-0.1, -0.05) is 23.7 Å². The molecule has 25 heavy (non-hydrogen) atoms. The first kappa shape index (κ1) is 17.8. The highest BCUT2D eigenvalue weighted by atomic mass is 35.5. The van der Waals surface area contributed by atoms with Crippen molar-refractivity contribution in [3.63, 3.8) is 0 Å². The Morgan fingerprint density at radius 2 is 2.00 bits per heavy atom. The molecule has 1 heterocycles. The molecule has 1 fully saturated rings. The van der Waals surface area contributed by atoms with E-state index in [0.29, 0.717) is 12.1 Å². The minimum Gasteiger partial charge on any atom is -0.347 e. The van der Waals surface area contributed by atoms with E-state index in [1.54, 1.807) is 6.07 Å². The lowest BCUT2D eigenvalue weighted by molar-refractivity contribution is 0.0854. The lowest BCUT2D eigenvalue weighted by Gasteiger charge is -2.45. The molecule has 1 saturated carbocycles. The minimum atomic E-state index is -0.252. The highest BCUT2D eigenvalue weighted by molar-refractivity contribution is 6.30. The van der Waals surface area contributed by atoms with Gasteiger partial charge in [0.25, 0.3) is 5.91 Å². The van der Waals surface area contributed by atoms with E-state index in [0.717, 1.165) is 30.7 Å². The fourth-order valence-corrected chi connectivity index (χ4v) is 3.80. The van der Waals surface area contributed by atoms with Crippen molar-refractivity contribution < 1.29 is 4.79 Å². The van der Waals surface area contributed by atoms with Crippen molar-refractivity contribution in [2.75, 3.05) is 6.54 Å². The molecule has 0 radical (unpaired) electrons. The van der Waals surface area contributed by atoms with E-state index in [9.17, 15) is 4.79 Å². The molecule has 1 aliphatic rings. The molecule has 6 heteroatoms. The molecular formula is C19H23ClN4O. The second kappa shape index (κ2) is 7.10. The molecule has 2 aromatic rings. The number of hydrogen-bond acceptors (Lipinski definition) is 4. The van der Waals surface area contributed by atoms with Crippen molar-refractivity contribution in [1.29, 1.82) is 0 Å². The smallest absolute Gasteiger partial charge is 0.253 e. The molecule has 0 atom stereocenters. The van der Waals surface area contributed by atoms with Crippen LogP contribution in [0.3, 0.4) is 0 Å². The van der Waals surface area contributed by atoms with Crippen LogP contribution in [0.5, 0.6) is 0 Å². The summed E-state index contributed by atoms with van der Waals surface area (Å²) in [5, 5.41) is 11.4. The van der Waals surface area contributed by atoms with Crippen molar-refractivity contribution in [3.05, 3.63) is 58.9 Å². The zero-order valence-corrected chi connectivity index (χ0v) is 15.1. The molecule has 0 bridgehead atoms. The Bertz CT molecular complexity index is 742. The van der Waals surface area contributed by atoms with Gasteiger partial charge in [0, 0.05) is 22.5 Å². The number of carbonyl (C=O) groups is 1. The molecule has 0 unspecified atom stereocenters. The zero-order chi connectivity index (χ0) is 17.9. The number of benzene rings is 1. The van der Waals surface area contributed by atoms with E-state index < -0.39 is 0 Å². The number of nitrogens with zero attached hydrogens (tertiary/aromatic N) is 2. The van der Waals surface area contributed by atoms with Gasteiger partial charge in [-0.2, -0.15) is 10.2 Å². The Labute approximate surface area is 153 Å². The van der Waals surface area contributed by atoms with Crippen molar-refractivity contribution in [2.45, 2.75) is 43.6 Å². The normalized spacial score (nSPS) is 26.2. The molecule has 1 aromatic carbocycles. The molecule has 132 valence electrons. The van der Waals surface area contributed by atoms with Crippen LogP contribution >= 0.6 is 11.6 Å². The molecule has 0 aliphatic heterocycles. The maximum atomic E-state index is 12.4. The number of carbonyl (C=O) groups excluding carboxylic acids is 1. The number of aromatic nitrogens is 2. The summed E-state index contributed by atoms with van der Waals surface area (Å²) in [5.74, 6) is -0.111. The second-order valence-corrected chi connectivity index (χ2v) is 7.58. The minimum absolute atomic E-state index is 0.0760. The van der Waals surface area contributed by atoms with E-state index in [1.165, 1.54) is 18.0 Å². The molecule has 0 spiro atoms. The third-order valence-corrected chi connectivity index (χ3v) is 5.64. The van der Waals surface area contributed by atoms with Gasteiger partial charge < -0.3 is 11.1 Å². The van der Waals surface area contributed by atoms with Crippen molar-refractivity contribution in [3.8, 4) is 0 Å². The lowest BCUT2D eigenvalue weighted by Crippen LogP contribution is -2.52. The summed E-state index contributed by atoms with van der Waals surface area (Å²) in [6.45, 7) is 2.67. The summed E-state index contributed by atoms with van der Waals surface area (Å²) in [6, 6.07) is 9.64. The SMILES string of the molecule is C[C@]1(NC(=O)c2ccnnc2)CC[C@](CN)(c2cccc(Cl)c2)CC1. The summed E-state index contributed by atoms with van der Waals surface area (Å²) in [5.41, 5.74) is 7.55. The summed E-state index contributed by atoms with van der Waals surface area (Å²) in [4.78, 5) is 12.4. The van der Waals surface area contributed by atoms with Gasteiger partial charge in [0.15, 0.2) is 0 Å². The van der Waals surface area contributed by atoms with Crippen LogP contribution in [0, 0.1) is 0 Å². The average Bonchev–Trinajstić information content (AvgIpc) is 2.63. The number of hydrogen-bond donors (Lipinski definition) is 2. The van der Waals surface area contributed by atoms with E-state index >= 15 is 0 Å². The summed E-state index contributed by atoms with van der Waals surface area (Å²) >= 11 is 6.17. The van der Waals surface area contributed by atoms with Crippen molar-refractivity contribution >= 4 is 17.5 Å². The quantitative estimate of drug-likeness (QED) is 0.880. The number of nitrogens with two attached hydrogens (primary N) is 1. The van der Waals surface area contributed by atoms with Gasteiger partial charge in [0.2, 0.25) is 0 Å². The van der Waals surface area contributed by atoms with Crippen LogP contribution in [0.4, 0.5) is 0 Å². The van der Waals surface area contributed by atoms with Gasteiger partial charge in [-0.05, 0) is 56.4 Å². The van der Waals surface area contributed by atoms with Crippen LogP contribution in [-0.2, 0) is 5.41 Å². The molecule has 5 nitrogen and oxygen atoms in total. The first-order chi connectivity index (χ1) is 12.0. The molecular weight excluding hydrogens is 336 g/mol. The summed E-state index contributed by atoms with van der Waals surface area (Å²) < 4.78 is 0. The van der Waals surface area contributed by atoms with Crippen LogP contribution in [-0.4, -0.2) is 28.2 Å². The highest BCUT2D eigenvalue weighted by Crippen LogP contribution is 2.43. The maximum absolute atomic E-state index is 12.4. The molecule has 0 saturated heterocycles. The van der Waals surface area contributed by atoms with Crippen LogP contribution in [0.1, 0.15) is 48.5 Å². The van der Waals surface area contributed by atoms with E-state index in [2.05, 4.69) is 28.5 Å². The fourth-order valence-electron chi connectivity index (χ4n) is 3.61. The summed E-state index contributed by atoms with van der Waals surface area (Å²) in [7, 11) is 0. The number of halogens is 1. The van der Waals surface area contributed by atoms with Gasteiger partial charge in [0.05, 0.1) is 18.0 Å². The third kappa shape index (κ3) is 3.83. The first-order valence-corrected chi connectivity index (χ1v) is 8.90. The fraction of sp³-hybridized carbons (Fsp3) is 0.421. The number of nitrogens with one attached hydrogen (secondary N) is 1. The monoisotopic (exact) mass is 358 g/mol. The van der Waals surface area contributed by atoms with Gasteiger partial charge in [0.1, 0.15) is 0 Å². The predicted octanol–water partition coefficient (Wildman–Crippen LogP) is 3.09. The standard InChI is InChI=1S/C19H23ClN4O/c1-18(24-17(25)14-5-10-22-23-12-14)6-8-19(13-21,9-7-18)15-3-2-4-16(20)11-15/h2-5,10-12H,6-9,13,21H2,1H3,(H,24,25)/t18-,19-. The Balaban J connectivity index is 1.72. The van der Waals surface area contributed by atoms with Crippen LogP contribution in [0.15, 0.2) is 42.7 Å². The molecule has 3 N–H and O–H groups in total.